The van der Waals surface area contributed by atoms with Crippen LogP contribution in [0.3, 0.4) is 0 Å². The first-order valence-electron chi connectivity index (χ1n) is 3.84. The predicted octanol–water partition coefficient (Wildman–Crippen LogP) is 2.17. The number of ether oxygens (including phenoxy) is 1. The third-order valence-electron chi connectivity index (χ3n) is 1.76. The van der Waals surface area contributed by atoms with E-state index in [0.717, 1.165) is 0 Å². The van der Waals surface area contributed by atoms with E-state index in [1.54, 1.807) is 18.2 Å². The van der Waals surface area contributed by atoms with Crippen LogP contribution in [0.4, 0.5) is 0 Å². The summed E-state index contributed by atoms with van der Waals surface area (Å²) in [5.74, 6) is -0.623. The Kier molecular flexibility index (Phi) is 3.75. The number of rotatable bonds is 3. The predicted molar refractivity (Wildman–Crippen MR) is 55.4 cm³/mol. The number of primary amides is 1. The van der Waals surface area contributed by atoms with E-state index < -0.39 is 12.0 Å². The summed E-state index contributed by atoms with van der Waals surface area (Å²) in [6.07, 6.45) is -0.906. The van der Waals surface area contributed by atoms with Crippen molar-refractivity contribution in [2.45, 2.75) is 6.10 Å². The number of hydrogen-bond donors (Lipinski definition) is 1. The van der Waals surface area contributed by atoms with Gasteiger partial charge in [0.2, 0.25) is 0 Å². The average Bonchev–Trinajstić information content (AvgIpc) is 2.10. The van der Waals surface area contributed by atoms with Gasteiger partial charge in [-0.3, -0.25) is 4.79 Å². The molecule has 3 nitrogen and oxygen atoms in total. The lowest BCUT2D eigenvalue weighted by molar-refractivity contribution is -0.128. The molecule has 0 heterocycles. The van der Waals surface area contributed by atoms with Crippen LogP contribution in [0.1, 0.15) is 11.7 Å². The summed E-state index contributed by atoms with van der Waals surface area (Å²) < 4.78 is 4.92. The van der Waals surface area contributed by atoms with Crippen molar-refractivity contribution in [2.24, 2.45) is 5.73 Å². The maximum atomic E-state index is 11.0. The van der Waals surface area contributed by atoms with Gasteiger partial charge in [0.05, 0.1) is 0 Å². The van der Waals surface area contributed by atoms with Gasteiger partial charge < -0.3 is 10.5 Å². The Balaban J connectivity index is 3.22. The number of halogens is 2. The van der Waals surface area contributed by atoms with Crippen molar-refractivity contribution in [3.63, 3.8) is 0 Å². The van der Waals surface area contributed by atoms with Gasteiger partial charge in [0.15, 0.2) is 6.10 Å². The molecule has 14 heavy (non-hydrogen) atoms. The SMILES string of the molecule is COC(C(N)=O)c1c(Cl)cccc1Cl. The number of hydrogen-bond acceptors (Lipinski definition) is 2. The van der Waals surface area contributed by atoms with Gasteiger partial charge >= 0.3 is 0 Å². The number of carbonyl (C=O) groups excluding carboxylic acids is 1. The molecule has 0 fully saturated rings. The van der Waals surface area contributed by atoms with Crippen molar-refractivity contribution < 1.29 is 9.53 Å². The van der Waals surface area contributed by atoms with Crippen molar-refractivity contribution in [1.29, 1.82) is 0 Å². The average molecular weight is 234 g/mol. The lowest BCUT2D eigenvalue weighted by Crippen LogP contribution is -2.23. The minimum atomic E-state index is -0.906. The Labute approximate surface area is 91.7 Å². The molecule has 1 aromatic carbocycles. The number of carbonyl (C=O) groups is 1. The smallest absolute Gasteiger partial charge is 0.251 e. The van der Waals surface area contributed by atoms with Crippen molar-refractivity contribution in [1.82, 2.24) is 0 Å². The molecule has 1 rings (SSSR count). The zero-order valence-corrected chi connectivity index (χ0v) is 8.97. The maximum Gasteiger partial charge on any atom is 0.251 e. The van der Waals surface area contributed by atoms with E-state index in [0.29, 0.717) is 15.6 Å². The summed E-state index contributed by atoms with van der Waals surface area (Å²) in [6, 6.07) is 4.93. The largest absolute Gasteiger partial charge is 0.367 e. The van der Waals surface area contributed by atoms with E-state index in [9.17, 15) is 4.79 Å². The van der Waals surface area contributed by atoms with Gasteiger partial charge in [0.25, 0.3) is 5.91 Å². The quantitative estimate of drug-likeness (QED) is 0.871. The van der Waals surface area contributed by atoms with E-state index in [2.05, 4.69) is 0 Å². The van der Waals surface area contributed by atoms with Gasteiger partial charge in [0.1, 0.15) is 0 Å². The van der Waals surface area contributed by atoms with Gasteiger partial charge in [0, 0.05) is 22.7 Å². The molecular weight excluding hydrogens is 225 g/mol. The monoisotopic (exact) mass is 233 g/mol. The summed E-state index contributed by atoms with van der Waals surface area (Å²) >= 11 is 11.7. The van der Waals surface area contributed by atoms with Crippen LogP contribution in [0.15, 0.2) is 18.2 Å². The van der Waals surface area contributed by atoms with Crippen LogP contribution in [-0.2, 0) is 9.53 Å². The highest BCUT2D eigenvalue weighted by molar-refractivity contribution is 6.36. The standard InChI is InChI=1S/C9H9Cl2NO2/c1-14-8(9(12)13)7-5(10)3-2-4-6(7)11/h2-4,8H,1H3,(H2,12,13). The van der Waals surface area contributed by atoms with Crippen LogP contribution in [-0.4, -0.2) is 13.0 Å². The van der Waals surface area contributed by atoms with Gasteiger partial charge in [-0.25, -0.2) is 0 Å². The Bertz CT molecular complexity index is 334. The summed E-state index contributed by atoms with van der Waals surface area (Å²) in [5.41, 5.74) is 5.54. The Morgan fingerprint density at radius 3 is 2.29 bits per heavy atom. The Morgan fingerprint density at radius 1 is 1.43 bits per heavy atom. The van der Waals surface area contributed by atoms with E-state index in [1.165, 1.54) is 7.11 Å². The molecule has 0 saturated heterocycles. The zero-order valence-electron chi connectivity index (χ0n) is 7.46. The summed E-state index contributed by atoms with van der Waals surface area (Å²) in [5, 5.41) is 0.728. The minimum absolute atomic E-state index is 0.364. The highest BCUT2D eigenvalue weighted by Gasteiger charge is 2.22. The Morgan fingerprint density at radius 2 is 1.93 bits per heavy atom. The molecule has 0 aliphatic carbocycles. The highest BCUT2D eigenvalue weighted by atomic mass is 35.5. The molecule has 2 N–H and O–H groups in total. The molecule has 0 spiro atoms. The Hall–Kier alpha value is -0.770. The molecule has 1 aromatic rings. The third kappa shape index (κ3) is 2.18. The molecule has 0 radical (unpaired) electrons. The molecular formula is C9H9Cl2NO2. The summed E-state index contributed by atoms with van der Waals surface area (Å²) in [7, 11) is 1.37. The minimum Gasteiger partial charge on any atom is -0.367 e. The molecule has 1 atom stereocenters. The van der Waals surface area contributed by atoms with Crippen molar-refractivity contribution in [3.8, 4) is 0 Å². The van der Waals surface area contributed by atoms with Crippen LogP contribution < -0.4 is 5.73 Å². The van der Waals surface area contributed by atoms with Crippen molar-refractivity contribution in [2.75, 3.05) is 7.11 Å². The van der Waals surface area contributed by atoms with Crippen LogP contribution in [0, 0.1) is 0 Å². The molecule has 0 aliphatic rings. The topological polar surface area (TPSA) is 52.3 Å². The van der Waals surface area contributed by atoms with E-state index in [1.807, 2.05) is 0 Å². The first-order chi connectivity index (χ1) is 6.57. The fourth-order valence-electron chi connectivity index (χ4n) is 1.14. The van der Waals surface area contributed by atoms with E-state index in [-0.39, 0.29) is 0 Å². The maximum absolute atomic E-state index is 11.0. The summed E-state index contributed by atoms with van der Waals surface area (Å²) in [4.78, 5) is 11.0. The van der Waals surface area contributed by atoms with Crippen LogP contribution in [0.2, 0.25) is 10.0 Å². The molecule has 0 saturated carbocycles. The van der Waals surface area contributed by atoms with E-state index in [4.69, 9.17) is 33.7 Å². The fraction of sp³-hybridized carbons (Fsp3) is 0.222. The molecule has 0 aromatic heterocycles. The first-order valence-corrected chi connectivity index (χ1v) is 4.59. The highest BCUT2D eigenvalue weighted by Crippen LogP contribution is 2.31. The fourth-order valence-corrected chi connectivity index (χ4v) is 1.73. The number of amides is 1. The second kappa shape index (κ2) is 4.64. The zero-order chi connectivity index (χ0) is 10.7. The number of methoxy groups -OCH3 is 1. The van der Waals surface area contributed by atoms with Gasteiger partial charge in [-0.2, -0.15) is 0 Å². The molecule has 0 aliphatic heterocycles. The molecule has 1 amide bonds. The van der Waals surface area contributed by atoms with Gasteiger partial charge in [-0.1, -0.05) is 29.3 Å². The molecule has 1 unspecified atom stereocenters. The van der Waals surface area contributed by atoms with Crippen LogP contribution in [0.5, 0.6) is 0 Å². The third-order valence-corrected chi connectivity index (χ3v) is 2.42. The van der Waals surface area contributed by atoms with Crippen LogP contribution in [0.25, 0.3) is 0 Å². The lowest BCUT2D eigenvalue weighted by atomic mass is 10.1. The van der Waals surface area contributed by atoms with E-state index >= 15 is 0 Å². The van der Waals surface area contributed by atoms with Crippen molar-refractivity contribution >= 4 is 29.1 Å². The van der Waals surface area contributed by atoms with Gasteiger partial charge in [-0.15, -0.1) is 0 Å². The molecule has 76 valence electrons. The molecule has 5 heteroatoms. The first kappa shape index (κ1) is 11.3. The number of benzene rings is 1. The van der Waals surface area contributed by atoms with Gasteiger partial charge in [-0.05, 0) is 12.1 Å². The molecule has 0 bridgehead atoms. The van der Waals surface area contributed by atoms with Crippen molar-refractivity contribution in [3.05, 3.63) is 33.8 Å². The lowest BCUT2D eigenvalue weighted by Gasteiger charge is -2.14. The number of nitrogens with two attached hydrogens (primary N) is 1. The second-order valence-corrected chi connectivity index (χ2v) is 3.47. The second-order valence-electron chi connectivity index (χ2n) is 2.65. The summed E-state index contributed by atoms with van der Waals surface area (Å²) in [6.45, 7) is 0. The van der Waals surface area contributed by atoms with Crippen LogP contribution >= 0.6 is 23.2 Å². The normalized spacial score (nSPS) is 12.5.